The van der Waals surface area contributed by atoms with Crippen LogP contribution in [0.1, 0.15) is 51.7 Å². The molecule has 0 aliphatic carbocycles. The Morgan fingerprint density at radius 3 is 2.71 bits per heavy atom. The van der Waals surface area contributed by atoms with Gasteiger partial charge in [0.1, 0.15) is 0 Å². The van der Waals surface area contributed by atoms with Gasteiger partial charge in [-0.3, -0.25) is 4.79 Å². The van der Waals surface area contributed by atoms with E-state index in [4.69, 9.17) is 0 Å². The molecule has 0 saturated heterocycles. The van der Waals surface area contributed by atoms with E-state index in [1.807, 2.05) is 18.2 Å². The average Bonchev–Trinajstić information content (AvgIpc) is 2.72. The van der Waals surface area contributed by atoms with E-state index in [-0.39, 0.29) is 5.91 Å². The number of unbranched alkanes of at least 4 members (excludes halogenated alkanes) is 1. The Bertz CT molecular complexity index is 516. The Balaban J connectivity index is 2.33. The average molecular weight is 290 g/mol. The molecule has 116 valence electrons. The molecular formula is C17H26N2O2. The van der Waals surface area contributed by atoms with Crippen molar-refractivity contribution in [3.05, 3.63) is 23.8 Å². The maximum absolute atomic E-state index is 11.9. The number of hydrogen-bond donors (Lipinski definition) is 1. The fraction of sp³-hybridized carbons (Fsp3) is 0.588. The molecule has 0 radical (unpaired) electrons. The molecular weight excluding hydrogens is 264 g/mol. The summed E-state index contributed by atoms with van der Waals surface area (Å²) in [6.07, 6.45) is 2.39. The maximum atomic E-state index is 11.9. The van der Waals surface area contributed by atoms with Gasteiger partial charge in [0.2, 0.25) is 0 Å². The Morgan fingerprint density at radius 2 is 2.10 bits per heavy atom. The van der Waals surface area contributed by atoms with Gasteiger partial charge in [0.15, 0.2) is 6.10 Å². The molecule has 0 fully saturated rings. The van der Waals surface area contributed by atoms with Crippen molar-refractivity contribution in [2.45, 2.75) is 52.2 Å². The minimum absolute atomic E-state index is 0.245. The first-order valence-corrected chi connectivity index (χ1v) is 7.87. The summed E-state index contributed by atoms with van der Waals surface area (Å²) < 4.78 is 0. The van der Waals surface area contributed by atoms with Gasteiger partial charge < -0.3 is 14.9 Å². The van der Waals surface area contributed by atoms with Crippen molar-refractivity contribution in [3.63, 3.8) is 0 Å². The molecule has 0 spiro atoms. The van der Waals surface area contributed by atoms with Crippen LogP contribution in [0.4, 0.5) is 11.4 Å². The molecule has 1 N–H and O–H groups in total. The quantitative estimate of drug-likeness (QED) is 0.875. The summed E-state index contributed by atoms with van der Waals surface area (Å²) in [6.45, 7) is 7.63. The molecule has 1 aliphatic heterocycles. The van der Waals surface area contributed by atoms with Gasteiger partial charge in [-0.05, 0) is 31.9 Å². The fourth-order valence-electron chi connectivity index (χ4n) is 2.82. The second-order valence-corrected chi connectivity index (χ2v) is 5.85. The van der Waals surface area contributed by atoms with E-state index < -0.39 is 6.10 Å². The van der Waals surface area contributed by atoms with Crippen molar-refractivity contribution in [3.8, 4) is 0 Å². The van der Waals surface area contributed by atoms with Crippen LogP contribution in [0.5, 0.6) is 0 Å². The van der Waals surface area contributed by atoms with Crippen molar-refractivity contribution < 1.29 is 9.90 Å². The second-order valence-electron chi connectivity index (χ2n) is 5.85. The smallest absolute Gasteiger partial charge is 0.260 e. The lowest BCUT2D eigenvalue weighted by atomic mass is 10.1. The normalized spacial score (nSPS) is 18.8. The minimum Gasteiger partial charge on any atom is -0.378 e. The molecule has 1 aromatic rings. The summed E-state index contributed by atoms with van der Waals surface area (Å²) in [6, 6.07) is 6.40. The Kier molecular flexibility index (Phi) is 4.88. The number of carbonyl (C=O) groups excluding carboxylic acids is 1. The van der Waals surface area contributed by atoms with Crippen molar-refractivity contribution in [1.82, 2.24) is 0 Å². The van der Waals surface area contributed by atoms with E-state index in [1.165, 1.54) is 0 Å². The molecule has 0 bridgehead atoms. The summed E-state index contributed by atoms with van der Waals surface area (Å²) in [7, 11) is 1.72. The molecule has 0 aromatic heterocycles. The van der Waals surface area contributed by atoms with E-state index >= 15 is 0 Å². The lowest BCUT2D eigenvalue weighted by Gasteiger charge is -2.31. The number of likely N-dealkylation sites (N-methyl/N-ethyl adjacent to an activating group) is 1. The number of carbonyl (C=O) groups is 1. The molecule has 1 heterocycles. The van der Waals surface area contributed by atoms with Crippen molar-refractivity contribution >= 4 is 17.3 Å². The number of hydrogen-bond acceptors (Lipinski definition) is 3. The Morgan fingerprint density at radius 1 is 1.38 bits per heavy atom. The topological polar surface area (TPSA) is 43.8 Å². The van der Waals surface area contributed by atoms with Gasteiger partial charge in [0, 0.05) is 30.9 Å². The van der Waals surface area contributed by atoms with Gasteiger partial charge in [0.25, 0.3) is 5.91 Å². The first-order valence-electron chi connectivity index (χ1n) is 7.87. The van der Waals surface area contributed by atoms with Crippen molar-refractivity contribution in [2.75, 3.05) is 23.4 Å². The number of rotatable bonds is 6. The molecule has 1 amide bonds. The lowest BCUT2D eigenvalue weighted by molar-refractivity contribution is -0.125. The SMILES string of the molecule is CCCCN(c1ccc2c(c1)N(C)C(=O)C2O)C(C)CC. The van der Waals surface area contributed by atoms with Crippen LogP contribution in [0, 0.1) is 0 Å². The van der Waals surface area contributed by atoms with Crippen molar-refractivity contribution in [2.24, 2.45) is 0 Å². The van der Waals surface area contributed by atoms with Crippen LogP contribution < -0.4 is 9.80 Å². The number of amides is 1. The molecule has 21 heavy (non-hydrogen) atoms. The number of aliphatic hydroxyl groups is 1. The predicted molar refractivity (Wildman–Crippen MR) is 86.8 cm³/mol. The van der Waals surface area contributed by atoms with Crippen LogP contribution in [0.15, 0.2) is 18.2 Å². The lowest BCUT2D eigenvalue weighted by Crippen LogP contribution is -2.33. The Hall–Kier alpha value is -1.55. The Labute approximate surface area is 127 Å². The summed E-state index contributed by atoms with van der Waals surface area (Å²) in [5, 5.41) is 9.94. The number of anilines is 2. The number of nitrogens with zero attached hydrogens (tertiary/aromatic N) is 2. The third-order valence-electron chi connectivity index (χ3n) is 4.44. The first-order chi connectivity index (χ1) is 10.0. The van der Waals surface area contributed by atoms with E-state index in [2.05, 4.69) is 25.7 Å². The highest BCUT2D eigenvalue weighted by atomic mass is 16.3. The third-order valence-corrected chi connectivity index (χ3v) is 4.44. The molecule has 2 unspecified atom stereocenters. The first kappa shape index (κ1) is 15.8. The zero-order chi connectivity index (χ0) is 15.6. The van der Waals surface area contributed by atoms with Crippen LogP contribution >= 0.6 is 0 Å². The van der Waals surface area contributed by atoms with Gasteiger partial charge in [-0.2, -0.15) is 0 Å². The van der Waals surface area contributed by atoms with Gasteiger partial charge in [0.05, 0.1) is 5.69 Å². The van der Waals surface area contributed by atoms with Gasteiger partial charge in [-0.15, -0.1) is 0 Å². The molecule has 1 aliphatic rings. The molecule has 1 aromatic carbocycles. The van der Waals surface area contributed by atoms with Gasteiger partial charge >= 0.3 is 0 Å². The van der Waals surface area contributed by atoms with Gasteiger partial charge in [-0.25, -0.2) is 0 Å². The summed E-state index contributed by atoms with van der Waals surface area (Å²) in [5.74, 6) is -0.245. The zero-order valence-corrected chi connectivity index (χ0v) is 13.5. The highest BCUT2D eigenvalue weighted by molar-refractivity contribution is 6.03. The molecule has 4 nitrogen and oxygen atoms in total. The van der Waals surface area contributed by atoms with Crippen LogP contribution in [0.3, 0.4) is 0 Å². The summed E-state index contributed by atoms with van der Waals surface area (Å²) >= 11 is 0. The predicted octanol–water partition coefficient (Wildman–Crippen LogP) is 3.10. The van der Waals surface area contributed by atoms with E-state index in [0.717, 1.165) is 37.2 Å². The largest absolute Gasteiger partial charge is 0.378 e. The third kappa shape index (κ3) is 2.91. The van der Waals surface area contributed by atoms with Crippen LogP contribution in [0.25, 0.3) is 0 Å². The molecule has 0 saturated carbocycles. The minimum atomic E-state index is -1.01. The number of aliphatic hydroxyl groups excluding tert-OH is 1. The van der Waals surface area contributed by atoms with Crippen LogP contribution in [-0.4, -0.2) is 30.6 Å². The van der Waals surface area contributed by atoms with Crippen molar-refractivity contribution in [1.29, 1.82) is 0 Å². The standard InChI is InChI=1S/C17H26N2O2/c1-5-7-10-19(12(3)6-2)13-8-9-14-15(11-13)18(4)17(21)16(14)20/h8-9,11-12,16,20H,5-7,10H2,1-4H3. The number of fused-ring (bicyclic) bond motifs is 1. The molecule has 2 atom stereocenters. The molecule has 4 heteroatoms. The van der Waals surface area contributed by atoms with Crippen LogP contribution in [-0.2, 0) is 4.79 Å². The van der Waals surface area contributed by atoms with E-state index in [1.54, 1.807) is 11.9 Å². The summed E-state index contributed by atoms with van der Waals surface area (Å²) in [5.41, 5.74) is 2.67. The second kappa shape index (κ2) is 6.48. The van der Waals surface area contributed by atoms with Gasteiger partial charge in [-0.1, -0.05) is 26.3 Å². The maximum Gasteiger partial charge on any atom is 0.260 e. The number of benzene rings is 1. The highest BCUT2D eigenvalue weighted by Crippen LogP contribution is 2.38. The van der Waals surface area contributed by atoms with E-state index in [9.17, 15) is 9.90 Å². The zero-order valence-electron chi connectivity index (χ0n) is 13.5. The van der Waals surface area contributed by atoms with E-state index in [0.29, 0.717) is 11.6 Å². The van der Waals surface area contributed by atoms with Crippen LogP contribution in [0.2, 0.25) is 0 Å². The monoisotopic (exact) mass is 290 g/mol. The summed E-state index contributed by atoms with van der Waals surface area (Å²) in [4.78, 5) is 15.8. The highest BCUT2D eigenvalue weighted by Gasteiger charge is 2.34. The molecule has 2 rings (SSSR count). The fourth-order valence-corrected chi connectivity index (χ4v) is 2.82.